The molecule has 0 amide bonds. The van der Waals surface area contributed by atoms with Crippen molar-refractivity contribution in [2.24, 2.45) is 0 Å². The number of methoxy groups -OCH3 is 1. The fraction of sp³-hybridized carbons (Fsp3) is 0.261. The van der Waals surface area contributed by atoms with Gasteiger partial charge in [0.1, 0.15) is 24.5 Å². The van der Waals surface area contributed by atoms with E-state index in [-0.39, 0.29) is 17.6 Å². The summed E-state index contributed by atoms with van der Waals surface area (Å²) >= 11 is 0. The molecule has 3 aromatic rings. The number of nitrogens with zero attached hydrogens (tertiary/aromatic N) is 3. The molecule has 4 rings (SSSR count). The molecular weight excluding hydrogens is 437 g/mol. The van der Waals surface area contributed by atoms with Crippen molar-refractivity contribution in [2.75, 3.05) is 25.5 Å². The minimum absolute atomic E-state index is 0.0816. The molecule has 1 aliphatic rings. The highest BCUT2D eigenvalue weighted by molar-refractivity contribution is 5.93. The number of carbonyl (C=O) groups excluding carboxylic acids is 1. The van der Waals surface area contributed by atoms with Gasteiger partial charge in [-0.1, -0.05) is 0 Å². The summed E-state index contributed by atoms with van der Waals surface area (Å²) in [6.07, 6.45) is 6.61. The number of hydrogen-bond donors (Lipinski definition) is 1. The Balaban J connectivity index is 1.61. The van der Waals surface area contributed by atoms with E-state index in [0.717, 1.165) is 44.4 Å². The van der Waals surface area contributed by atoms with Crippen LogP contribution in [0.15, 0.2) is 42.9 Å². The number of ether oxygens (including phenoxy) is 2. The van der Waals surface area contributed by atoms with Gasteiger partial charge >= 0.3 is 0 Å². The zero-order valence-electron chi connectivity index (χ0n) is 17.7. The maximum Gasteiger partial charge on any atom is 0.196 e. The zero-order valence-corrected chi connectivity index (χ0v) is 17.7. The quantitative estimate of drug-likeness (QED) is 0.320. The van der Waals surface area contributed by atoms with E-state index >= 15 is 0 Å². The van der Waals surface area contributed by atoms with Gasteiger partial charge in [0.05, 0.1) is 18.3 Å². The number of halogens is 3. The topological polar surface area (TPSA) is 76.6 Å². The number of piperidine rings is 1. The first kappa shape index (κ1) is 22.4. The summed E-state index contributed by atoms with van der Waals surface area (Å²) in [4.78, 5) is 20.9. The van der Waals surface area contributed by atoms with Crippen LogP contribution in [-0.2, 0) is 4.79 Å². The molecule has 1 saturated heterocycles. The predicted molar refractivity (Wildman–Crippen MR) is 116 cm³/mol. The number of benzene rings is 2. The van der Waals surface area contributed by atoms with Crippen molar-refractivity contribution in [1.29, 1.82) is 0 Å². The molecule has 1 N–H and O–H groups in total. The summed E-state index contributed by atoms with van der Waals surface area (Å²) < 4.78 is 52.7. The maximum atomic E-state index is 14.2. The average Bonchev–Trinajstić information content (AvgIpc) is 2.84. The molecule has 2 aromatic carbocycles. The molecule has 1 aromatic heterocycles. The van der Waals surface area contributed by atoms with Gasteiger partial charge in [-0.15, -0.1) is 0 Å². The Kier molecular flexibility index (Phi) is 6.62. The number of aldehydes is 1. The van der Waals surface area contributed by atoms with E-state index in [1.54, 1.807) is 18.3 Å². The van der Waals surface area contributed by atoms with Crippen LogP contribution in [0, 0.1) is 17.5 Å². The molecule has 2 heterocycles. The Morgan fingerprint density at radius 1 is 1.09 bits per heavy atom. The second-order valence-corrected chi connectivity index (χ2v) is 7.42. The average molecular weight is 458 g/mol. The molecular formula is C23H21F3N4O3. The van der Waals surface area contributed by atoms with Crippen LogP contribution in [-0.4, -0.2) is 47.5 Å². The zero-order chi connectivity index (χ0) is 23.4. The van der Waals surface area contributed by atoms with Crippen molar-refractivity contribution >= 4 is 28.7 Å². The highest BCUT2D eigenvalue weighted by Crippen LogP contribution is 2.36. The fourth-order valence-corrected chi connectivity index (χ4v) is 3.64. The van der Waals surface area contributed by atoms with Gasteiger partial charge in [-0.3, -0.25) is 4.79 Å². The number of anilines is 2. The molecule has 0 bridgehead atoms. The lowest BCUT2D eigenvalue weighted by molar-refractivity contribution is -0.104. The first-order valence-corrected chi connectivity index (χ1v) is 10.3. The van der Waals surface area contributed by atoms with Gasteiger partial charge in [0.2, 0.25) is 0 Å². The lowest BCUT2D eigenvalue weighted by Gasteiger charge is -2.31. The summed E-state index contributed by atoms with van der Waals surface area (Å²) in [7, 11) is 1.51. The Morgan fingerprint density at radius 2 is 1.88 bits per heavy atom. The molecule has 0 unspecified atom stereocenters. The second kappa shape index (κ2) is 9.76. The predicted octanol–water partition coefficient (Wildman–Crippen LogP) is 4.36. The normalized spacial score (nSPS) is 14.6. The van der Waals surface area contributed by atoms with Gasteiger partial charge in [-0.05, 0) is 24.3 Å². The largest absolute Gasteiger partial charge is 0.493 e. The minimum Gasteiger partial charge on any atom is -0.493 e. The van der Waals surface area contributed by atoms with E-state index in [1.165, 1.54) is 19.5 Å². The van der Waals surface area contributed by atoms with Crippen molar-refractivity contribution in [3.05, 3.63) is 60.3 Å². The molecule has 10 heteroatoms. The molecule has 0 saturated carbocycles. The van der Waals surface area contributed by atoms with Crippen LogP contribution in [0.5, 0.6) is 11.5 Å². The SMILES string of the molecule is COc1cc2ncnc(Nc3ccc(F)c(F)c3F)c2cc1OC1CCN(C=CC=O)CC1. The van der Waals surface area contributed by atoms with Crippen molar-refractivity contribution < 1.29 is 27.4 Å². The van der Waals surface area contributed by atoms with E-state index in [0.29, 0.717) is 22.4 Å². The van der Waals surface area contributed by atoms with Crippen LogP contribution in [0.25, 0.3) is 10.9 Å². The molecule has 172 valence electrons. The van der Waals surface area contributed by atoms with Gasteiger partial charge in [0.15, 0.2) is 29.0 Å². The Labute approximate surface area is 187 Å². The highest BCUT2D eigenvalue weighted by Gasteiger charge is 2.22. The molecule has 0 spiro atoms. The van der Waals surface area contributed by atoms with Gasteiger partial charge in [-0.2, -0.15) is 0 Å². The molecule has 1 aliphatic heterocycles. The lowest BCUT2D eigenvalue weighted by atomic mass is 10.1. The third-order valence-electron chi connectivity index (χ3n) is 5.35. The summed E-state index contributed by atoms with van der Waals surface area (Å²) in [5.41, 5.74) is 0.233. The molecule has 0 radical (unpaired) electrons. The molecule has 1 fully saturated rings. The summed E-state index contributed by atoms with van der Waals surface area (Å²) in [5.74, 6) is -3.07. The number of nitrogens with one attached hydrogen (secondary N) is 1. The van der Waals surface area contributed by atoms with Crippen molar-refractivity contribution in [3.8, 4) is 11.5 Å². The standard InChI is InChI=1S/C23H21F3N4O3/c1-32-19-12-18-15(11-20(19)33-14-5-8-30(9-6-14)7-2-10-31)23(28-13-27-18)29-17-4-3-16(24)21(25)22(17)26/h2-4,7,10-14H,5-6,8-9H2,1H3,(H,27,28,29). The molecule has 7 nitrogen and oxygen atoms in total. The first-order valence-electron chi connectivity index (χ1n) is 10.3. The van der Waals surface area contributed by atoms with E-state index in [1.807, 2.05) is 4.90 Å². The van der Waals surface area contributed by atoms with E-state index in [4.69, 9.17) is 9.47 Å². The van der Waals surface area contributed by atoms with Crippen LogP contribution in [0.3, 0.4) is 0 Å². The number of hydrogen-bond acceptors (Lipinski definition) is 7. The smallest absolute Gasteiger partial charge is 0.196 e. The Hall–Kier alpha value is -3.82. The minimum atomic E-state index is -1.57. The highest BCUT2D eigenvalue weighted by atomic mass is 19.2. The van der Waals surface area contributed by atoms with Crippen LogP contribution >= 0.6 is 0 Å². The number of aromatic nitrogens is 2. The molecule has 33 heavy (non-hydrogen) atoms. The van der Waals surface area contributed by atoms with Crippen LogP contribution in [0.2, 0.25) is 0 Å². The van der Waals surface area contributed by atoms with E-state index in [9.17, 15) is 18.0 Å². The fourth-order valence-electron chi connectivity index (χ4n) is 3.64. The third kappa shape index (κ3) is 4.84. The maximum absolute atomic E-state index is 14.2. The summed E-state index contributed by atoms with van der Waals surface area (Å²) in [6.45, 7) is 1.46. The third-order valence-corrected chi connectivity index (χ3v) is 5.35. The summed E-state index contributed by atoms with van der Waals surface area (Å²) in [5, 5.41) is 3.19. The lowest BCUT2D eigenvalue weighted by Crippen LogP contribution is -2.35. The number of carbonyl (C=O) groups is 1. The number of allylic oxidation sites excluding steroid dienone is 1. The number of likely N-dealkylation sites (tertiary alicyclic amines) is 1. The van der Waals surface area contributed by atoms with Crippen molar-refractivity contribution in [3.63, 3.8) is 0 Å². The van der Waals surface area contributed by atoms with Gasteiger partial charge in [-0.25, -0.2) is 23.1 Å². The summed E-state index contributed by atoms with van der Waals surface area (Å²) in [6, 6.07) is 5.27. The van der Waals surface area contributed by atoms with E-state index < -0.39 is 17.5 Å². The van der Waals surface area contributed by atoms with Crippen LogP contribution in [0.1, 0.15) is 12.8 Å². The Bertz CT molecular complexity index is 1200. The Morgan fingerprint density at radius 3 is 2.61 bits per heavy atom. The number of rotatable bonds is 7. The van der Waals surface area contributed by atoms with Gasteiger partial charge in [0, 0.05) is 43.6 Å². The van der Waals surface area contributed by atoms with Crippen LogP contribution in [0.4, 0.5) is 24.7 Å². The number of fused-ring (bicyclic) bond motifs is 1. The monoisotopic (exact) mass is 458 g/mol. The molecule has 0 aliphatic carbocycles. The van der Waals surface area contributed by atoms with Gasteiger partial charge in [0.25, 0.3) is 0 Å². The van der Waals surface area contributed by atoms with Crippen LogP contribution < -0.4 is 14.8 Å². The molecule has 0 atom stereocenters. The van der Waals surface area contributed by atoms with Gasteiger partial charge < -0.3 is 19.7 Å². The second-order valence-electron chi connectivity index (χ2n) is 7.42. The van der Waals surface area contributed by atoms with E-state index in [2.05, 4.69) is 15.3 Å². The van der Waals surface area contributed by atoms with Crippen molar-refractivity contribution in [1.82, 2.24) is 14.9 Å². The first-order chi connectivity index (χ1) is 16.0. The van der Waals surface area contributed by atoms with Crippen molar-refractivity contribution in [2.45, 2.75) is 18.9 Å².